The highest BCUT2D eigenvalue weighted by molar-refractivity contribution is 5.32. The predicted octanol–water partition coefficient (Wildman–Crippen LogP) is 0.924. The van der Waals surface area contributed by atoms with Crippen molar-refractivity contribution >= 4 is 0 Å². The third kappa shape index (κ3) is 5.12. The maximum Gasteiger partial charge on any atom is 0.128 e. The number of hydrogen-bond donors (Lipinski definition) is 1. The number of aryl methyl sites for hydroxylation is 1. The quantitative estimate of drug-likeness (QED) is 0.686. The number of ether oxygens (including phenoxy) is 3. The monoisotopic (exact) mass is 241 g/mol. The van der Waals surface area contributed by atoms with Crippen LogP contribution in [0.3, 0.4) is 0 Å². The van der Waals surface area contributed by atoms with E-state index in [1.165, 1.54) is 0 Å². The molecule has 0 aliphatic heterocycles. The maximum absolute atomic E-state index is 9.11. The zero-order valence-electron chi connectivity index (χ0n) is 10.3. The van der Waals surface area contributed by atoms with Gasteiger partial charge in [0.15, 0.2) is 0 Å². The van der Waals surface area contributed by atoms with E-state index in [1.807, 2.05) is 6.92 Å². The molecule has 0 radical (unpaired) electrons. The molecule has 1 aromatic heterocycles. The lowest BCUT2D eigenvalue weighted by atomic mass is 10.2. The highest BCUT2D eigenvalue weighted by Crippen LogP contribution is 2.18. The Bertz CT molecular complexity index is 330. The van der Waals surface area contributed by atoms with Gasteiger partial charge >= 0.3 is 0 Å². The third-order valence-corrected chi connectivity index (χ3v) is 2.17. The summed E-state index contributed by atoms with van der Waals surface area (Å²) in [7, 11) is 1.63. The van der Waals surface area contributed by atoms with Gasteiger partial charge in [-0.05, 0) is 6.92 Å². The average Bonchev–Trinajstić information content (AvgIpc) is 2.34. The molecule has 1 heterocycles. The zero-order chi connectivity index (χ0) is 12.5. The molecular weight excluding hydrogens is 222 g/mol. The minimum Gasteiger partial charge on any atom is -0.491 e. The van der Waals surface area contributed by atoms with Crippen molar-refractivity contribution in [2.45, 2.75) is 13.5 Å². The minimum atomic E-state index is -0.0762. The zero-order valence-corrected chi connectivity index (χ0v) is 10.3. The number of aromatic nitrogens is 1. The van der Waals surface area contributed by atoms with Gasteiger partial charge in [-0.2, -0.15) is 0 Å². The van der Waals surface area contributed by atoms with Crippen LogP contribution in [-0.4, -0.2) is 43.6 Å². The van der Waals surface area contributed by atoms with Crippen LogP contribution in [0.1, 0.15) is 11.3 Å². The minimum absolute atomic E-state index is 0.0762. The van der Waals surface area contributed by atoms with E-state index in [9.17, 15) is 0 Å². The van der Waals surface area contributed by atoms with Crippen molar-refractivity contribution in [3.63, 3.8) is 0 Å². The molecule has 0 spiro atoms. The van der Waals surface area contributed by atoms with Crippen LogP contribution in [0.15, 0.2) is 12.3 Å². The second-order valence-electron chi connectivity index (χ2n) is 3.55. The van der Waals surface area contributed by atoms with Gasteiger partial charge < -0.3 is 19.3 Å². The van der Waals surface area contributed by atoms with E-state index in [4.69, 9.17) is 19.3 Å². The van der Waals surface area contributed by atoms with E-state index >= 15 is 0 Å². The van der Waals surface area contributed by atoms with Crippen molar-refractivity contribution in [1.82, 2.24) is 4.98 Å². The van der Waals surface area contributed by atoms with Crippen molar-refractivity contribution < 1.29 is 19.3 Å². The summed E-state index contributed by atoms with van der Waals surface area (Å²) < 4.78 is 15.6. The predicted molar refractivity (Wildman–Crippen MR) is 63.1 cm³/mol. The van der Waals surface area contributed by atoms with Gasteiger partial charge in [0.25, 0.3) is 0 Å². The first-order valence-corrected chi connectivity index (χ1v) is 5.53. The van der Waals surface area contributed by atoms with Crippen molar-refractivity contribution in [1.29, 1.82) is 0 Å². The first-order valence-electron chi connectivity index (χ1n) is 5.53. The summed E-state index contributed by atoms with van der Waals surface area (Å²) in [5.74, 6) is 0.662. The van der Waals surface area contributed by atoms with Gasteiger partial charge in [0, 0.05) is 30.6 Å². The molecule has 0 aliphatic carbocycles. The molecule has 0 fully saturated rings. The first kappa shape index (κ1) is 13.9. The van der Waals surface area contributed by atoms with E-state index in [2.05, 4.69) is 4.98 Å². The lowest BCUT2D eigenvalue weighted by molar-refractivity contribution is 0.0540. The number of aliphatic hydroxyl groups is 1. The summed E-state index contributed by atoms with van der Waals surface area (Å²) >= 11 is 0. The SMILES string of the molecule is COCCOCCOc1cc(C)ncc1CO. The molecule has 0 saturated carbocycles. The maximum atomic E-state index is 9.11. The number of methoxy groups -OCH3 is 1. The summed E-state index contributed by atoms with van der Waals surface area (Å²) in [6.07, 6.45) is 1.62. The summed E-state index contributed by atoms with van der Waals surface area (Å²) in [5, 5.41) is 9.11. The fourth-order valence-electron chi connectivity index (χ4n) is 1.27. The lowest BCUT2D eigenvalue weighted by Gasteiger charge is -2.10. The Morgan fingerprint density at radius 1 is 1.24 bits per heavy atom. The molecule has 0 amide bonds. The number of rotatable bonds is 8. The molecule has 0 aliphatic rings. The molecule has 1 rings (SSSR count). The third-order valence-electron chi connectivity index (χ3n) is 2.17. The van der Waals surface area contributed by atoms with Crippen LogP contribution in [0.5, 0.6) is 5.75 Å². The van der Waals surface area contributed by atoms with Crippen molar-refractivity contribution in [2.24, 2.45) is 0 Å². The Labute approximate surface area is 101 Å². The Hall–Kier alpha value is -1.17. The summed E-state index contributed by atoms with van der Waals surface area (Å²) in [6, 6.07) is 1.81. The number of aliphatic hydroxyl groups excluding tert-OH is 1. The molecule has 17 heavy (non-hydrogen) atoms. The normalized spacial score (nSPS) is 10.5. The molecule has 0 aromatic carbocycles. The van der Waals surface area contributed by atoms with E-state index < -0.39 is 0 Å². The number of hydrogen-bond acceptors (Lipinski definition) is 5. The summed E-state index contributed by atoms with van der Waals surface area (Å²) in [6.45, 7) is 3.88. The Morgan fingerprint density at radius 2 is 2.00 bits per heavy atom. The van der Waals surface area contributed by atoms with Crippen molar-refractivity contribution in [3.8, 4) is 5.75 Å². The fraction of sp³-hybridized carbons (Fsp3) is 0.583. The highest BCUT2D eigenvalue weighted by atomic mass is 16.5. The van der Waals surface area contributed by atoms with Gasteiger partial charge in [0.05, 0.1) is 26.4 Å². The standard InChI is InChI=1S/C12H19NO4/c1-10-7-12(11(9-14)8-13-10)17-6-5-16-4-3-15-2/h7-8,14H,3-6,9H2,1-2H3. The topological polar surface area (TPSA) is 60.8 Å². The number of nitrogens with zero attached hydrogens (tertiary/aromatic N) is 1. The largest absolute Gasteiger partial charge is 0.491 e. The molecule has 0 bridgehead atoms. The summed E-state index contributed by atoms with van der Waals surface area (Å²) in [5.41, 5.74) is 1.55. The average molecular weight is 241 g/mol. The highest BCUT2D eigenvalue weighted by Gasteiger charge is 2.03. The van der Waals surface area contributed by atoms with Gasteiger partial charge in [0.1, 0.15) is 12.4 Å². The van der Waals surface area contributed by atoms with Gasteiger partial charge in [-0.3, -0.25) is 4.98 Å². The van der Waals surface area contributed by atoms with Gasteiger partial charge in [-0.1, -0.05) is 0 Å². The van der Waals surface area contributed by atoms with E-state index in [-0.39, 0.29) is 6.61 Å². The van der Waals surface area contributed by atoms with Crippen LogP contribution in [0.25, 0.3) is 0 Å². The molecule has 96 valence electrons. The van der Waals surface area contributed by atoms with E-state index in [0.717, 1.165) is 5.69 Å². The van der Waals surface area contributed by atoms with Crippen molar-refractivity contribution in [2.75, 3.05) is 33.5 Å². The number of pyridine rings is 1. The second kappa shape index (κ2) is 8.00. The fourth-order valence-corrected chi connectivity index (χ4v) is 1.27. The molecule has 5 nitrogen and oxygen atoms in total. The van der Waals surface area contributed by atoms with Gasteiger partial charge in [0.2, 0.25) is 0 Å². The van der Waals surface area contributed by atoms with Crippen LogP contribution in [0.2, 0.25) is 0 Å². The van der Waals surface area contributed by atoms with Crippen LogP contribution in [0.4, 0.5) is 0 Å². The van der Waals surface area contributed by atoms with Crippen LogP contribution >= 0.6 is 0 Å². The Balaban J connectivity index is 2.32. The van der Waals surface area contributed by atoms with E-state index in [1.54, 1.807) is 19.4 Å². The smallest absolute Gasteiger partial charge is 0.128 e. The molecule has 0 unspecified atom stereocenters. The Morgan fingerprint density at radius 3 is 2.71 bits per heavy atom. The van der Waals surface area contributed by atoms with Crippen LogP contribution in [0, 0.1) is 6.92 Å². The molecule has 1 N–H and O–H groups in total. The van der Waals surface area contributed by atoms with Crippen LogP contribution < -0.4 is 4.74 Å². The first-order chi connectivity index (χ1) is 8.27. The second-order valence-corrected chi connectivity index (χ2v) is 3.55. The molecule has 5 heteroatoms. The molecule has 1 aromatic rings. The van der Waals surface area contributed by atoms with Crippen LogP contribution in [-0.2, 0) is 16.1 Å². The van der Waals surface area contributed by atoms with Gasteiger partial charge in [-0.25, -0.2) is 0 Å². The molecular formula is C12H19NO4. The molecule has 0 atom stereocenters. The molecule has 0 saturated heterocycles. The van der Waals surface area contributed by atoms with E-state index in [0.29, 0.717) is 37.7 Å². The summed E-state index contributed by atoms with van der Waals surface area (Å²) in [4.78, 5) is 4.09. The Kier molecular flexibility index (Phi) is 6.54. The van der Waals surface area contributed by atoms with Gasteiger partial charge in [-0.15, -0.1) is 0 Å². The lowest BCUT2D eigenvalue weighted by Crippen LogP contribution is -2.11. The van der Waals surface area contributed by atoms with Crippen molar-refractivity contribution in [3.05, 3.63) is 23.5 Å².